The normalized spacial score (nSPS) is 22.2. The molecule has 2 nitrogen and oxygen atoms in total. The molecule has 0 aliphatic carbocycles. The van der Waals surface area contributed by atoms with Gasteiger partial charge in [0.15, 0.2) is 0 Å². The number of likely N-dealkylation sites (tertiary alicyclic amines) is 1. The fourth-order valence-corrected chi connectivity index (χ4v) is 2.26. The van der Waals surface area contributed by atoms with Gasteiger partial charge in [-0.05, 0) is 34.0 Å². The monoisotopic (exact) mass is 273 g/mol. The zero-order chi connectivity index (χ0) is 10.8. The van der Waals surface area contributed by atoms with Gasteiger partial charge in [-0.2, -0.15) is 0 Å². The first-order chi connectivity index (χ1) is 7.16. The molecule has 2 rings (SSSR count). The van der Waals surface area contributed by atoms with E-state index in [1.807, 2.05) is 6.07 Å². The van der Waals surface area contributed by atoms with Crippen molar-refractivity contribution < 1.29 is 9.50 Å². The Balaban J connectivity index is 2.07. The van der Waals surface area contributed by atoms with Gasteiger partial charge in [0.2, 0.25) is 0 Å². The average molecular weight is 274 g/mol. The second-order valence-electron chi connectivity index (χ2n) is 3.89. The summed E-state index contributed by atoms with van der Waals surface area (Å²) in [5.74, 6) is -0.229. The molecule has 0 amide bonds. The SMILES string of the molecule is O[C@H]1CCN(Cc2cccc(F)c2Br)C1. The summed E-state index contributed by atoms with van der Waals surface area (Å²) >= 11 is 3.24. The van der Waals surface area contributed by atoms with Crippen LogP contribution in [0.25, 0.3) is 0 Å². The van der Waals surface area contributed by atoms with Crippen molar-refractivity contribution in [2.45, 2.75) is 19.1 Å². The molecule has 1 aliphatic heterocycles. The van der Waals surface area contributed by atoms with Crippen LogP contribution in [0.4, 0.5) is 4.39 Å². The van der Waals surface area contributed by atoms with Gasteiger partial charge in [-0.15, -0.1) is 0 Å². The van der Waals surface area contributed by atoms with Gasteiger partial charge in [0, 0.05) is 19.6 Å². The lowest BCUT2D eigenvalue weighted by atomic mass is 10.2. The third-order valence-corrected chi connectivity index (χ3v) is 3.56. The Hall–Kier alpha value is -0.450. The molecule has 82 valence electrons. The standard InChI is InChI=1S/C11H13BrFNO/c12-11-8(2-1-3-10(11)13)6-14-5-4-9(15)7-14/h1-3,9,15H,4-7H2/t9-/m0/s1. The van der Waals surface area contributed by atoms with Crippen LogP contribution in [0.15, 0.2) is 22.7 Å². The van der Waals surface area contributed by atoms with Crippen LogP contribution in [0.5, 0.6) is 0 Å². The molecular formula is C11H13BrFNO. The highest BCUT2D eigenvalue weighted by Crippen LogP contribution is 2.23. The van der Waals surface area contributed by atoms with E-state index >= 15 is 0 Å². The number of nitrogens with zero attached hydrogens (tertiary/aromatic N) is 1. The molecule has 1 atom stereocenters. The maximum atomic E-state index is 13.2. The van der Waals surface area contributed by atoms with E-state index in [4.69, 9.17) is 0 Å². The number of β-amino-alcohol motifs (C(OH)–C–C–N with tert-alkyl or cyclic N) is 1. The lowest BCUT2D eigenvalue weighted by molar-refractivity contribution is 0.174. The van der Waals surface area contributed by atoms with Crippen LogP contribution >= 0.6 is 15.9 Å². The van der Waals surface area contributed by atoms with E-state index in [9.17, 15) is 9.50 Å². The molecule has 0 spiro atoms. The smallest absolute Gasteiger partial charge is 0.137 e. The van der Waals surface area contributed by atoms with Gasteiger partial charge in [-0.25, -0.2) is 4.39 Å². The van der Waals surface area contributed by atoms with Crippen LogP contribution in [-0.2, 0) is 6.54 Å². The summed E-state index contributed by atoms with van der Waals surface area (Å²) in [4.78, 5) is 2.13. The van der Waals surface area contributed by atoms with Crippen molar-refractivity contribution in [3.05, 3.63) is 34.1 Å². The van der Waals surface area contributed by atoms with E-state index in [1.165, 1.54) is 6.07 Å². The summed E-state index contributed by atoms with van der Waals surface area (Å²) in [5, 5.41) is 9.37. The summed E-state index contributed by atoms with van der Waals surface area (Å²) in [5.41, 5.74) is 0.934. The summed E-state index contributed by atoms with van der Waals surface area (Å²) in [6.45, 7) is 2.25. The Morgan fingerprint density at radius 1 is 1.53 bits per heavy atom. The molecule has 1 N–H and O–H groups in total. The first-order valence-electron chi connectivity index (χ1n) is 5.00. The Morgan fingerprint density at radius 3 is 3.00 bits per heavy atom. The predicted molar refractivity (Wildman–Crippen MR) is 60.0 cm³/mol. The minimum atomic E-state index is -0.229. The highest BCUT2D eigenvalue weighted by Gasteiger charge is 2.20. The number of rotatable bonds is 2. The van der Waals surface area contributed by atoms with Crippen molar-refractivity contribution in [3.8, 4) is 0 Å². The number of aliphatic hydroxyl groups excluding tert-OH is 1. The number of hydrogen-bond donors (Lipinski definition) is 1. The molecule has 15 heavy (non-hydrogen) atoms. The fraction of sp³-hybridized carbons (Fsp3) is 0.455. The van der Waals surface area contributed by atoms with Gasteiger partial charge in [0.25, 0.3) is 0 Å². The van der Waals surface area contributed by atoms with Crippen molar-refractivity contribution in [1.29, 1.82) is 0 Å². The number of hydrogen-bond acceptors (Lipinski definition) is 2. The zero-order valence-electron chi connectivity index (χ0n) is 8.29. The average Bonchev–Trinajstić information content (AvgIpc) is 2.59. The third-order valence-electron chi connectivity index (χ3n) is 2.67. The third kappa shape index (κ3) is 2.56. The van der Waals surface area contributed by atoms with E-state index in [2.05, 4.69) is 20.8 Å². The number of aliphatic hydroxyl groups is 1. The van der Waals surface area contributed by atoms with Gasteiger partial charge < -0.3 is 5.11 Å². The van der Waals surface area contributed by atoms with Crippen LogP contribution in [0, 0.1) is 5.82 Å². The van der Waals surface area contributed by atoms with Gasteiger partial charge in [-0.3, -0.25) is 4.90 Å². The Labute approximate surface area is 96.8 Å². The first-order valence-corrected chi connectivity index (χ1v) is 5.79. The number of benzene rings is 1. The van der Waals surface area contributed by atoms with Gasteiger partial charge >= 0.3 is 0 Å². The molecule has 0 unspecified atom stereocenters. The maximum Gasteiger partial charge on any atom is 0.137 e. The molecule has 1 aliphatic rings. The summed E-state index contributed by atoms with van der Waals surface area (Å²) < 4.78 is 13.7. The Morgan fingerprint density at radius 2 is 2.33 bits per heavy atom. The van der Waals surface area contributed by atoms with Gasteiger partial charge in [0.05, 0.1) is 10.6 Å². The fourth-order valence-electron chi connectivity index (χ4n) is 1.87. The molecule has 0 radical (unpaired) electrons. The van der Waals surface area contributed by atoms with E-state index in [0.717, 1.165) is 18.5 Å². The van der Waals surface area contributed by atoms with Crippen molar-refractivity contribution >= 4 is 15.9 Å². The quantitative estimate of drug-likeness (QED) is 0.893. The maximum absolute atomic E-state index is 13.2. The van der Waals surface area contributed by atoms with Gasteiger partial charge in [0.1, 0.15) is 5.82 Å². The van der Waals surface area contributed by atoms with Crippen molar-refractivity contribution in [1.82, 2.24) is 4.90 Å². The summed E-state index contributed by atoms with van der Waals surface area (Å²) in [6, 6.07) is 5.05. The first kappa shape index (κ1) is 11.0. The molecular weight excluding hydrogens is 261 g/mol. The van der Waals surface area contributed by atoms with Crippen molar-refractivity contribution in [2.24, 2.45) is 0 Å². The van der Waals surface area contributed by atoms with Crippen molar-refractivity contribution in [3.63, 3.8) is 0 Å². The predicted octanol–water partition coefficient (Wildman–Crippen LogP) is 2.15. The molecule has 1 aromatic rings. The van der Waals surface area contributed by atoms with E-state index in [-0.39, 0.29) is 11.9 Å². The molecule has 0 saturated carbocycles. The Kier molecular flexibility index (Phi) is 3.38. The summed E-state index contributed by atoms with van der Waals surface area (Å²) in [6.07, 6.45) is 0.588. The van der Waals surface area contributed by atoms with E-state index in [1.54, 1.807) is 6.07 Å². The lowest BCUT2D eigenvalue weighted by Crippen LogP contribution is -2.21. The highest BCUT2D eigenvalue weighted by atomic mass is 79.9. The van der Waals surface area contributed by atoms with Crippen LogP contribution in [0.2, 0.25) is 0 Å². The second kappa shape index (κ2) is 4.60. The van der Waals surface area contributed by atoms with Crippen LogP contribution < -0.4 is 0 Å². The Bertz CT molecular complexity index is 358. The van der Waals surface area contributed by atoms with E-state index < -0.39 is 0 Å². The van der Waals surface area contributed by atoms with E-state index in [0.29, 0.717) is 17.6 Å². The number of halogens is 2. The molecule has 4 heteroatoms. The minimum Gasteiger partial charge on any atom is -0.392 e. The molecule has 1 saturated heterocycles. The second-order valence-corrected chi connectivity index (χ2v) is 4.68. The summed E-state index contributed by atoms with van der Waals surface area (Å²) in [7, 11) is 0. The highest BCUT2D eigenvalue weighted by molar-refractivity contribution is 9.10. The molecule has 0 aromatic heterocycles. The molecule has 0 bridgehead atoms. The topological polar surface area (TPSA) is 23.5 Å². The minimum absolute atomic E-state index is 0.225. The lowest BCUT2D eigenvalue weighted by Gasteiger charge is -2.15. The van der Waals surface area contributed by atoms with Crippen LogP contribution in [0.1, 0.15) is 12.0 Å². The van der Waals surface area contributed by atoms with Crippen molar-refractivity contribution in [2.75, 3.05) is 13.1 Å². The molecule has 1 fully saturated rings. The molecule has 1 heterocycles. The molecule has 1 aromatic carbocycles. The van der Waals surface area contributed by atoms with Gasteiger partial charge in [-0.1, -0.05) is 12.1 Å². The van der Waals surface area contributed by atoms with Crippen LogP contribution in [-0.4, -0.2) is 29.2 Å². The van der Waals surface area contributed by atoms with Crippen LogP contribution in [0.3, 0.4) is 0 Å². The largest absolute Gasteiger partial charge is 0.392 e. The zero-order valence-corrected chi connectivity index (χ0v) is 9.87.